The predicted octanol–water partition coefficient (Wildman–Crippen LogP) is 1.61. The van der Waals surface area contributed by atoms with Crippen LogP contribution in [0.3, 0.4) is 0 Å². The number of allylic oxidation sites excluding steroid dienone is 2. The smallest absolute Gasteiger partial charge is 0.306 e. The lowest BCUT2D eigenvalue weighted by Gasteiger charge is -2.40. The molecule has 5 atom stereocenters. The van der Waals surface area contributed by atoms with Crippen LogP contribution in [0.1, 0.15) is 25.7 Å². The Labute approximate surface area is 119 Å². The van der Waals surface area contributed by atoms with E-state index >= 15 is 0 Å². The van der Waals surface area contributed by atoms with Gasteiger partial charge < -0.3 is 9.64 Å². The average molecular weight is 275 g/mol. The zero-order chi connectivity index (χ0) is 13.7. The first-order valence-corrected chi connectivity index (χ1v) is 7.82. The molecule has 2 bridgehead atoms. The molecule has 1 saturated carbocycles. The highest BCUT2D eigenvalue weighted by molar-refractivity contribution is 5.79. The van der Waals surface area contributed by atoms with Crippen LogP contribution in [0, 0.1) is 29.6 Å². The minimum atomic E-state index is -0.153. The summed E-state index contributed by atoms with van der Waals surface area (Å²) in [6.07, 6.45) is 8.26. The van der Waals surface area contributed by atoms with Gasteiger partial charge in [-0.15, -0.1) is 0 Å². The van der Waals surface area contributed by atoms with Crippen LogP contribution in [-0.2, 0) is 14.3 Å². The van der Waals surface area contributed by atoms with Crippen LogP contribution >= 0.6 is 0 Å². The first-order chi connectivity index (χ1) is 9.70. The molecule has 3 aliphatic carbocycles. The summed E-state index contributed by atoms with van der Waals surface area (Å²) in [6, 6.07) is 0. The maximum Gasteiger partial charge on any atom is 0.306 e. The van der Waals surface area contributed by atoms with Crippen molar-refractivity contribution in [1.29, 1.82) is 0 Å². The Balaban J connectivity index is 1.39. The molecule has 108 valence electrons. The maximum absolute atomic E-state index is 12.4. The molecule has 20 heavy (non-hydrogen) atoms. The number of carbonyl (C=O) groups is 2. The van der Waals surface area contributed by atoms with E-state index in [9.17, 15) is 9.59 Å². The highest BCUT2D eigenvalue weighted by Gasteiger charge is 2.47. The number of fused-ring (bicyclic) bond motifs is 1. The molecule has 0 aromatic heterocycles. The van der Waals surface area contributed by atoms with E-state index in [-0.39, 0.29) is 17.8 Å². The van der Waals surface area contributed by atoms with Crippen LogP contribution in [0.25, 0.3) is 0 Å². The Morgan fingerprint density at radius 2 is 1.85 bits per heavy atom. The largest absolute Gasteiger partial charge is 0.465 e. The Hall–Kier alpha value is -1.32. The molecular formula is C16H21NO3. The number of cyclic esters (lactones) is 1. The van der Waals surface area contributed by atoms with Gasteiger partial charge in [0.25, 0.3) is 0 Å². The molecule has 1 amide bonds. The van der Waals surface area contributed by atoms with E-state index in [4.69, 9.17) is 4.74 Å². The topological polar surface area (TPSA) is 46.6 Å². The molecule has 0 spiro atoms. The van der Waals surface area contributed by atoms with E-state index in [0.29, 0.717) is 43.1 Å². The maximum atomic E-state index is 12.4. The fraction of sp³-hybridized carbons (Fsp3) is 0.750. The summed E-state index contributed by atoms with van der Waals surface area (Å²) in [6.45, 7) is 2.28. The molecular weight excluding hydrogens is 254 g/mol. The van der Waals surface area contributed by atoms with Gasteiger partial charge in [-0.2, -0.15) is 0 Å². The minimum absolute atomic E-state index is 0.104. The summed E-state index contributed by atoms with van der Waals surface area (Å²) in [5.41, 5.74) is 0. The summed E-state index contributed by atoms with van der Waals surface area (Å²) in [5, 5.41) is 0. The molecule has 0 aromatic rings. The van der Waals surface area contributed by atoms with Crippen LogP contribution in [0.5, 0.6) is 0 Å². The van der Waals surface area contributed by atoms with Crippen LogP contribution in [-0.4, -0.2) is 36.5 Å². The highest BCUT2D eigenvalue weighted by atomic mass is 16.5. The van der Waals surface area contributed by atoms with Crippen LogP contribution < -0.4 is 0 Å². The second kappa shape index (κ2) is 4.61. The van der Waals surface area contributed by atoms with Gasteiger partial charge in [0.05, 0.1) is 13.0 Å². The zero-order valence-electron chi connectivity index (χ0n) is 11.7. The number of ether oxygens (including phenoxy) is 1. The van der Waals surface area contributed by atoms with Gasteiger partial charge in [0.1, 0.15) is 0 Å². The molecule has 5 aliphatic rings. The lowest BCUT2D eigenvalue weighted by Crippen LogP contribution is -2.35. The summed E-state index contributed by atoms with van der Waals surface area (Å²) >= 11 is 0. The highest BCUT2D eigenvalue weighted by Crippen LogP contribution is 2.48. The number of nitrogens with zero attached hydrogens (tertiary/aromatic N) is 1. The Morgan fingerprint density at radius 3 is 2.35 bits per heavy atom. The van der Waals surface area contributed by atoms with E-state index in [1.807, 2.05) is 0 Å². The molecule has 5 rings (SSSR count). The fourth-order valence-corrected chi connectivity index (χ4v) is 4.61. The lowest BCUT2D eigenvalue weighted by molar-refractivity contribution is -0.138. The van der Waals surface area contributed by atoms with Crippen molar-refractivity contribution in [2.75, 3.05) is 19.7 Å². The van der Waals surface area contributed by atoms with Gasteiger partial charge >= 0.3 is 5.97 Å². The first kappa shape index (κ1) is 12.4. The number of amides is 1. The van der Waals surface area contributed by atoms with Crippen molar-refractivity contribution < 1.29 is 14.3 Å². The Bertz CT molecular complexity index is 450. The van der Waals surface area contributed by atoms with Gasteiger partial charge in [-0.1, -0.05) is 12.2 Å². The van der Waals surface area contributed by atoms with Crippen molar-refractivity contribution >= 4 is 11.9 Å². The fourth-order valence-electron chi connectivity index (χ4n) is 4.61. The lowest BCUT2D eigenvalue weighted by atomic mass is 9.64. The van der Waals surface area contributed by atoms with Crippen molar-refractivity contribution in [2.45, 2.75) is 25.7 Å². The van der Waals surface area contributed by atoms with E-state index in [1.54, 1.807) is 0 Å². The number of rotatable bonds is 2. The molecule has 4 nitrogen and oxygen atoms in total. The third-order valence-corrected chi connectivity index (χ3v) is 5.70. The monoisotopic (exact) mass is 275 g/mol. The quantitative estimate of drug-likeness (QED) is 0.568. The van der Waals surface area contributed by atoms with E-state index in [2.05, 4.69) is 17.1 Å². The molecule has 0 aromatic carbocycles. The van der Waals surface area contributed by atoms with Gasteiger partial charge in [0.15, 0.2) is 0 Å². The molecule has 0 radical (unpaired) electrons. The number of hydrogen-bond donors (Lipinski definition) is 0. The summed E-state index contributed by atoms with van der Waals surface area (Å²) in [5.74, 6) is 2.93. The zero-order valence-corrected chi connectivity index (χ0v) is 11.7. The van der Waals surface area contributed by atoms with Gasteiger partial charge in [-0.25, -0.2) is 0 Å². The normalized spacial score (nSPS) is 41.9. The molecule has 2 heterocycles. The van der Waals surface area contributed by atoms with E-state index < -0.39 is 0 Å². The number of hydrogen-bond acceptors (Lipinski definition) is 3. The standard InChI is InChI=1S/C16H21NO3/c18-15(5-10-6-16(19)20-9-10)17-7-13-11-1-2-12(4-3-11)14(13)8-17/h1-2,10-14H,3-9H2. The number of carbonyl (C=O) groups excluding carboxylic acids is 2. The summed E-state index contributed by atoms with van der Waals surface area (Å²) < 4.78 is 4.95. The predicted molar refractivity (Wildman–Crippen MR) is 72.6 cm³/mol. The molecule has 4 heteroatoms. The van der Waals surface area contributed by atoms with E-state index in [1.165, 1.54) is 12.8 Å². The van der Waals surface area contributed by atoms with Crippen molar-refractivity contribution in [2.24, 2.45) is 29.6 Å². The SMILES string of the molecule is O=C1CC(CC(=O)N2CC3C4C=CC(CC4)C3C2)CO1. The molecule has 3 fully saturated rings. The molecule has 5 unspecified atom stereocenters. The second-order valence-electron chi connectivity index (χ2n) is 6.87. The molecule has 2 saturated heterocycles. The van der Waals surface area contributed by atoms with E-state index in [0.717, 1.165) is 13.1 Å². The van der Waals surface area contributed by atoms with Gasteiger partial charge in [0.2, 0.25) is 5.91 Å². The van der Waals surface area contributed by atoms with Gasteiger partial charge in [0, 0.05) is 25.4 Å². The number of likely N-dealkylation sites (tertiary alicyclic amines) is 1. The third-order valence-electron chi connectivity index (χ3n) is 5.70. The molecule has 0 N–H and O–H groups in total. The first-order valence-electron chi connectivity index (χ1n) is 7.82. The third kappa shape index (κ3) is 1.97. The van der Waals surface area contributed by atoms with Crippen LogP contribution in [0.4, 0.5) is 0 Å². The summed E-state index contributed by atoms with van der Waals surface area (Å²) in [7, 11) is 0. The van der Waals surface area contributed by atoms with Crippen LogP contribution in [0.2, 0.25) is 0 Å². The van der Waals surface area contributed by atoms with Crippen molar-refractivity contribution in [3.63, 3.8) is 0 Å². The van der Waals surface area contributed by atoms with Gasteiger partial charge in [-0.3, -0.25) is 9.59 Å². The number of esters is 1. The van der Waals surface area contributed by atoms with Crippen molar-refractivity contribution in [1.82, 2.24) is 4.90 Å². The minimum Gasteiger partial charge on any atom is -0.465 e. The second-order valence-corrected chi connectivity index (χ2v) is 6.87. The van der Waals surface area contributed by atoms with Crippen molar-refractivity contribution in [3.05, 3.63) is 12.2 Å². The Morgan fingerprint density at radius 1 is 1.20 bits per heavy atom. The summed E-state index contributed by atoms with van der Waals surface area (Å²) in [4.78, 5) is 25.6. The molecule has 2 aliphatic heterocycles. The van der Waals surface area contributed by atoms with Crippen molar-refractivity contribution in [3.8, 4) is 0 Å². The van der Waals surface area contributed by atoms with Crippen LogP contribution in [0.15, 0.2) is 12.2 Å². The van der Waals surface area contributed by atoms with Gasteiger partial charge in [-0.05, 0) is 36.5 Å². The Kier molecular flexibility index (Phi) is 2.86. The average Bonchev–Trinajstić information content (AvgIpc) is 3.07.